The van der Waals surface area contributed by atoms with Crippen LogP contribution in [0.25, 0.3) is 0 Å². The second-order valence-corrected chi connectivity index (χ2v) is 10.7. The SMILES string of the molecule is CCCCCCc1ccc(O)c2c1CC1CC3C(N(C)C)C(=O)C(C(N)=O)C(=O)C3(O)C(=O)C1C2=O. The number of benzene rings is 1. The van der Waals surface area contributed by atoms with E-state index in [2.05, 4.69) is 6.92 Å². The zero-order valence-corrected chi connectivity index (χ0v) is 21.0. The Morgan fingerprint density at radius 2 is 1.81 bits per heavy atom. The van der Waals surface area contributed by atoms with Gasteiger partial charge in [-0.3, -0.25) is 28.9 Å². The molecule has 1 amide bonds. The number of Topliss-reactive ketones (excluding diaryl/α,β-unsaturated/α-hetero) is 4. The van der Waals surface area contributed by atoms with Crippen molar-refractivity contribution in [3.05, 3.63) is 28.8 Å². The first kappa shape index (κ1) is 26.2. The van der Waals surface area contributed by atoms with E-state index in [0.29, 0.717) is 12.0 Å². The van der Waals surface area contributed by atoms with Crippen molar-refractivity contribution in [2.24, 2.45) is 29.4 Å². The summed E-state index contributed by atoms with van der Waals surface area (Å²) >= 11 is 0. The Bertz CT molecular complexity index is 1140. The number of nitrogens with two attached hydrogens (primary N) is 1. The van der Waals surface area contributed by atoms with Gasteiger partial charge in [0.25, 0.3) is 0 Å². The van der Waals surface area contributed by atoms with Gasteiger partial charge >= 0.3 is 0 Å². The molecule has 6 unspecified atom stereocenters. The molecular formula is C27H34N2O7. The largest absolute Gasteiger partial charge is 0.507 e. The average molecular weight is 499 g/mol. The predicted molar refractivity (Wildman–Crippen MR) is 129 cm³/mol. The highest BCUT2D eigenvalue weighted by molar-refractivity contribution is 6.32. The summed E-state index contributed by atoms with van der Waals surface area (Å²) in [5.74, 6) is -10.1. The molecule has 0 bridgehead atoms. The lowest BCUT2D eigenvalue weighted by atomic mass is 9.52. The van der Waals surface area contributed by atoms with Gasteiger partial charge in [0, 0.05) is 5.92 Å². The first-order valence-corrected chi connectivity index (χ1v) is 12.6. The van der Waals surface area contributed by atoms with Crippen LogP contribution in [0.2, 0.25) is 0 Å². The van der Waals surface area contributed by atoms with E-state index < -0.39 is 64.4 Å². The number of rotatable bonds is 7. The van der Waals surface area contributed by atoms with Crippen LogP contribution in [-0.2, 0) is 32.0 Å². The van der Waals surface area contributed by atoms with Gasteiger partial charge in [-0.2, -0.15) is 0 Å². The molecule has 4 rings (SSSR count). The predicted octanol–water partition coefficient (Wildman–Crippen LogP) is 0.990. The standard InChI is InChI=1S/C27H34N2O7/c1-4-5-6-7-8-13-9-10-17(30)19-15(13)11-14-12-16-21(29(2)3)23(32)20(26(28)35)25(34)27(16,36)24(33)18(14)22(19)31/h9-10,14,16,18,20-21,30,36H,4-8,11-12H2,1-3H3,(H2,28,35). The molecule has 4 N–H and O–H groups in total. The second-order valence-electron chi connectivity index (χ2n) is 10.7. The molecule has 3 aliphatic rings. The number of phenols is 1. The molecule has 2 saturated carbocycles. The summed E-state index contributed by atoms with van der Waals surface area (Å²) in [4.78, 5) is 67.3. The molecular weight excluding hydrogens is 464 g/mol. The molecule has 2 fully saturated rings. The number of aromatic hydroxyl groups is 1. The number of unbranched alkanes of at least 4 members (excludes halogenated alkanes) is 3. The van der Waals surface area contributed by atoms with Crippen molar-refractivity contribution in [2.45, 2.75) is 63.5 Å². The van der Waals surface area contributed by atoms with E-state index in [1.165, 1.54) is 11.0 Å². The summed E-state index contributed by atoms with van der Waals surface area (Å²) in [7, 11) is 3.14. The number of hydrogen-bond donors (Lipinski definition) is 3. The van der Waals surface area contributed by atoms with Gasteiger partial charge in [-0.25, -0.2) is 0 Å². The maximum Gasteiger partial charge on any atom is 0.235 e. The topological polar surface area (TPSA) is 155 Å². The van der Waals surface area contributed by atoms with Crippen LogP contribution in [0, 0.1) is 23.7 Å². The highest BCUT2D eigenvalue weighted by atomic mass is 16.3. The van der Waals surface area contributed by atoms with Crippen molar-refractivity contribution >= 4 is 29.0 Å². The molecule has 9 heteroatoms. The first-order chi connectivity index (χ1) is 17.0. The Morgan fingerprint density at radius 1 is 1.11 bits per heavy atom. The van der Waals surface area contributed by atoms with Gasteiger partial charge in [0.05, 0.1) is 17.5 Å². The molecule has 1 aromatic rings. The highest BCUT2D eigenvalue weighted by Crippen LogP contribution is 2.51. The third-order valence-electron chi connectivity index (χ3n) is 8.34. The Morgan fingerprint density at radius 3 is 2.42 bits per heavy atom. The summed E-state index contributed by atoms with van der Waals surface area (Å²) in [5, 5.41) is 22.2. The summed E-state index contributed by atoms with van der Waals surface area (Å²) in [6, 6.07) is 2.17. The fourth-order valence-electron chi connectivity index (χ4n) is 6.65. The molecule has 194 valence electrons. The number of carbonyl (C=O) groups is 5. The van der Waals surface area contributed by atoms with Gasteiger partial charge in [-0.05, 0) is 62.9 Å². The Labute approximate surface area is 210 Å². The minimum absolute atomic E-state index is 0.0643. The minimum Gasteiger partial charge on any atom is -0.507 e. The van der Waals surface area contributed by atoms with Crippen molar-refractivity contribution in [1.82, 2.24) is 4.90 Å². The quantitative estimate of drug-likeness (QED) is 0.371. The number of amides is 1. The number of likely N-dealkylation sites (N-methyl/N-ethyl adjacent to an activating group) is 1. The summed E-state index contributed by atoms with van der Waals surface area (Å²) < 4.78 is 0. The lowest BCUT2D eigenvalue weighted by Gasteiger charge is -2.52. The third kappa shape index (κ3) is 3.80. The van der Waals surface area contributed by atoms with E-state index in [0.717, 1.165) is 37.7 Å². The van der Waals surface area contributed by atoms with Crippen LogP contribution >= 0.6 is 0 Å². The first-order valence-electron chi connectivity index (χ1n) is 12.6. The molecule has 0 radical (unpaired) electrons. The van der Waals surface area contributed by atoms with Gasteiger partial charge < -0.3 is 15.9 Å². The summed E-state index contributed by atoms with van der Waals surface area (Å²) in [6.45, 7) is 2.12. The van der Waals surface area contributed by atoms with Gasteiger partial charge in [0.1, 0.15) is 5.75 Å². The normalized spacial score (nSPS) is 31.8. The summed E-state index contributed by atoms with van der Waals surface area (Å²) in [6.07, 6.45) is 5.25. The molecule has 3 aliphatic carbocycles. The van der Waals surface area contributed by atoms with Crippen LogP contribution in [-0.4, -0.2) is 69.9 Å². The lowest BCUT2D eigenvalue weighted by Crippen LogP contribution is -2.74. The second kappa shape index (κ2) is 9.52. The maximum absolute atomic E-state index is 13.8. The lowest BCUT2D eigenvalue weighted by molar-refractivity contribution is -0.181. The Hall–Kier alpha value is -2.91. The third-order valence-corrected chi connectivity index (χ3v) is 8.34. The zero-order valence-electron chi connectivity index (χ0n) is 21.0. The van der Waals surface area contributed by atoms with Crippen molar-refractivity contribution in [1.29, 1.82) is 0 Å². The number of aryl methyl sites for hydroxylation is 1. The van der Waals surface area contributed by atoms with Crippen LogP contribution in [0.15, 0.2) is 12.1 Å². The number of primary amides is 1. The molecule has 36 heavy (non-hydrogen) atoms. The van der Waals surface area contributed by atoms with Gasteiger partial charge in [-0.1, -0.05) is 32.3 Å². The molecule has 0 heterocycles. The number of hydrogen-bond acceptors (Lipinski definition) is 8. The van der Waals surface area contributed by atoms with Gasteiger partial charge in [-0.15, -0.1) is 0 Å². The molecule has 0 aromatic heterocycles. The van der Waals surface area contributed by atoms with E-state index in [-0.39, 0.29) is 17.7 Å². The smallest absolute Gasteiger partial charge is 0.235 e. The molecule has 0 spiro atoms. The van der Waals surface area contributed by atoms with Crippen LogP contribution in [0.5, 0.6) is 5.75 Å². The van der Waals surface area contributed by atoms with E-state index in [1.54, 1.807) is 14.1 Å². The van der Waals surface area contributed by atoms with Crippen LogP contribution in [0.1, 0.15) is 60.5 Å². The number of fused-ring (bicyclic) bond motifs is 3. The fourth-order valence-corrected chi connectivity index (χ4v) is 6.65. The monoisotopic (exact) mass is 498 g/mol. The van der Waals surface area contributed by atoms with Crippen molar-refractivity contribution in [3.8, 4) is 5.75 Å². The Kier molecular flexibility index (Phi) is 6.92. The number of carbonyl (C=O) groups excluding carboxylic acids is 5. The Balaban J connectivity index is 1.78. The average Bonchev–Trinajstić information content (AvgIpc) is 2.80. The maximum atomic E-state index is 13.8. The number of phenolic OH excluding ortho intramolecular Hbond substituents is 1. The van der Waals surface area contributed by atoms with E-state index in [9.17, 15) is 34.2 Å². The van der Waals surface area contributed by atoms with Gasteiger partial charge in [0.2, 0.25) is 5.91 Å². The van der Waals surface area contributed by atoms with Crippen LogP contribution in [0.3, 0.4) is 0 Å². The number of aliphatic hydroxyl groups is 1. The molecule has 1 aromatic carbocycles. The number of ketones is 4. The fraction of sp³-hybridized carbons (Fsp3) is 0.593. The zero-order chi connectivity index (χ0) is 26.5. The van der Waals surface area contributed by atoms with E-state index >= 15 is 0 Å². The number of nitrogens with zero attached hydrogens (tertiary/aromatic N) is 1. The minimum atomic E-state index is -2.69. The van der Waals surface area contributed by atoms with E-state index in [1.807, 2.05) is 6.07 Å². The molecule has 6 atom stereocenters. The van der Waals surface area contributed by atoms with E-state index in [4.69, 9.17) is 5.73 Å². The van der Waals surface area contributed by atoms with Crippen molar-refractivity contribution in [3.63, 3.8) is 0 Å². The van der Waals surface area contributed by atoms with Crippen LogP contribution < -0.4 is 5.73 Å². The molecule has 9 nitrogen and oxygen atoms in total. The summed E-state index contributed by atoms with van der Waals surface area (Å²) in [5.41, 5.74) is 4.34. The van der Waals surface area contributed by atoms with Crippen molar-refractivity contribution in [2.75, 3.05) is 14.1 Å². The van der Waals surface area contributed by atoms with Gasteiger partial charge in [0.15, 0.2) is 34.7 Å². The molecule has 0 aliphatic heterocycles. The highest BCUT2D eigenvalue weighted by Gasteiger charge is 2.69. The van der Waals surface area contributed by atoms with Crippen LogP contribution in [0.4, 0.5) is 0 Å². The molecule has 0 saturated heterocycles. The van der Waals surface area contributed by atoms with Crippen molar-refractivity contribution < 1.29 is 34.2 Å².